The van der Waals surface area contributed by atoms with Crippen LogP contribution in [0, 0.1) is 13.8 Å². The third-order valence-corrected chi connectivity index (χ3v) is 3.92. The van der Waals surface area contributed by atoms with E-state index in [1.165, 1.54) is 34.2 Å². The van der Waals surface area contributed by atoms with Gasteiger partial charge >= 0.3 is 0 Å². The van der Waals surface area contributed by atoms with E-state index >= 15 is 0 Å². The summed E-state index contributed by atoms with van der Waals surface area (Å²) >= 11 is 0. The Balaban J connectivity index is 2.21. The Kier molecular flexibility index (Phi) is 5.58. The fraction of sp³-hybridized carbons (Fsp3) is 0.400. The van der Waals surface area contributed by atoms with Crippen molar-refractivity contribution in [2.24, 2.45) is 0 Å². The summed E-state index contributed by atoms with van der Waals surface area (Å²) in [5.41, 5.74) is 6.65. The molecule has 1 unspecified atom stereocenters. The van der Waals surface area contributed by atoms with Crippen molar-refractivity contribution in [1.82, 2.24) is 5.32 Å². The Bertz CT molecular complexity index is 549. The van der Waals surface area contributed by atoms with Crippen molar-refractivity contribution in [3.8, 4) is 11.1 Å². The van der Waals surface area contributed by atoms with E-state index in [4.69, 9.17) is 0 Å². The molecule has 1 N–H and O–H groups in total. The average Bonchev–Trinajstić information content (AvgIpc) is 2.47. The second kappa shape index (κ2) is 7.42. The largest absolute Gasteiger partial charge is 0.310 e. The summed E-state index contributed by atoms with van der Waals surface area (Å²) in [6, 6.07) is 16.2. The van der Waals surface area contributed by atoms with E-state index in [2.05, 4.69) is 75.5 Å². The lowest BCUT2D eigenvalue weighted by molar-refractivity contribution is 0.518. The van der Waals surface area contributed by atoms with Crippen LogP contribution < -0.4 is 5.32 Å². The number of hydrogen-bond acceptors (Lipinski definition) is 1. The Morgan fingerprint density at radius 2 is 1.48 bits per heavy atom. The summed E-state index contributed by atoms with van der Waals surface area (Å²) in [5, 5.41) is 3.61. The maximum Gasteiger partial charge on any atom is 0.0317 e. The van der Waals surface area contributed by atoms with E-state index in [1.807, 2.05) is 0 Å². The lowest BCUT2D eigenvalue weighted by Crippen LogP contribution is -2.21. The van der Waals surface area contributed by atoms with Crippen LogP contribution in [0.1, 0.15) is 49.4 Å². The Morgan fingerprint density at radius 3 is 2.00 bits per heavy atom. The molecule has 0 saturated carbocycles. The number of aryl methyl sites for hydroxylation is 2. The van der Waals surface area contributed by atoms with E-state index < -0.39 is 0 Å². The van der Waals surface area contributed by atoms with E-state index in [1.54, 1.807) is 0 Å². The average molecular weight is 281 g/mol. The van der Waals surface area contributed by atoms with Crippen molar-refractivity contribution < 1.29 is 0 Å². The zero-order chi connectivity index (χ0) is 15.2. The minimum Gasteiger partial charge on any atom is -0.310 e. The topological polar surface area (TPSA) is 12.0 Å². The summed E-state index contributed by atoms with van der Waals surface area (Å²) in [6.45, 7) is 9.85. The van der Waals surface area contributed by atoms with Crippen LogP contribution in [0.4, 0.5) is 0 Å². The quantitative estimate of drug-likeness (QED) is 0.745. The van der Waals surface area contributed by atoms with Crippen molar-refractivity contribution in [2.75, 3.05) is 6.54 Å². The minimum absolute atomic E-state index is 0.471. The molecule has 2 rings (SSSR count). The molecule has 0 spiro atoms. The summed E-state index contributed by atoms with van der Waals surface area (Å²) in [7, 11) is 0. The molecule has 1 atom stereocenters. The van der Waals surface area contributed by atoms with Crippen LogP contribution >= 0.6 is 0 Å². The molecule has 0 fully saturated rings. The van der Waals surface area contributed by atoms with Gasteiger partial charge in [-0.25, -0.2) is 0 Å². The molecule has 1 nitrogen and oxygen atoms in total. The molecule has 0 aliphatic rings. The second-order valence-corrected chi connectivity index (χ2v) is 5.91. The zero-order valence-corrected chi connectivity index (χ0v) is 13.7. The molecule has 21 heavy (non-hydrogen) atoms. The highest BCUT2D eigenvalue weighted by molar-refractivity contribution is 5.65. The van der Waals surface area contributed by atoms with Crippen LogP contribution in [0.2, 0.25) is 0 Å². The number of nitrogens with one attached hydrogen (secondary N) is 1. The predicted molar refractivity (Wildman–Crippen MR) is 92.7 cm³/mol. The van der Waals surface area contributed by atoms with Gasteiger partial charge in [-0.2, -0.15) is 0 Å². The first kappa shape index (κ1) is 15.8. The minimum atomic E-state index is 0.471. The second-order valence-electron chi connectivity index (χ2n) is 5.91. The Hall–Kier alpha value is -1.60. The van der Waals surface area contributed by atoms with Crippen LogP contribution in [0.25, 0.3) is 11.1 Å². The molecule has 0 amide bonds. The molecule has 2 aromatic rings. The van der Waals surface area contributed by atoms with Crippen molar-refractivity contribution in [3.05, 3.63) is 59.2 Å². The van der Waals surface area contributed by atoms with Gasteiger partial charge in [-0.1, -0.05) is 67.4 Å². The predicted octanol–water partition coefficient (Wildman–Crippen LogP) is 5.42. The van der Waals surface area contributed by atoms with Gasteiger partial charge in [-0.15, -0.1) is 0 Å². The molecule has 112 valence electrons. The SMILES string of the molecule is CCCNC(CC)c1ccc(-c2cc(C)cc(C)c2)cc1. The van der Waals surface area contributed by atoms with Gasteiger partial charge in [-0.05, 0) is 49.9 Å². The third-order valence-electron chi connectivity index (χ3n) is 3.92. The Labute approximate surface area is 129 Å². The smallest absolute Gasteiger partial charge is 0.0317 e. The van der Waals surface area contributed by atoms with Gasteiger partial charge in [0.15, 0.2) is 0 Å². The lowest BCUT2D eigenvalue weighted by atomic mass is 9.97. The maximum absolute atomic E-state index is 3.61. The van der Waals surface area contributed by atoms with Crippen molar-refractivity contribution in [3.63, 3.8) is 0 Å². The highest BCUT2D eigenvalue weighted by Gasteiger charge is 2.08. The molecule has 0 aliphatic heterocycles. The molecule has 2 aromatic carbocycles. The van der Waals surface area contributed by atoms with Gasteiger partial charge < -0.3 is 5.32 Å². The molecule has 0 heterocycles. The fourth-order valence-corrected chi connectivity index (χ4v) is 2.87. The van der Waals surface area contributed by atoms with E-state index in [-0.39, 0.29) is 0 Å². The normalized spacial score (nSPS) is 12.4. The summed E-state index contributed by atoms with van der Waals surface area (Å²) in [4.78, 5) is 0. The van der Waals surface area contributed by atoms with Crippen molar-refractivity contribution in [2.45, 2.75) is 46.6 Å². The van der Waals surface area contributed by atoms with Crippen molar-refractivity contribution in [1.29, 1.82) is 0 Å². The van der Waals surface area contributed by atoms with Crippen LogP contribution in [0.3, 0.4) is 0 Å². The number of hydrogen-bond donors (Lipinski definition) is 1. The standard InChI is InChI=1S/C20H27N/c1-5-11-21-20(6-2)18-9-7-17(8-10-18)19-13-15(3)12-16(4)14-19/h7-10,12-14,20-21H,5-6,11H2,1-4H3. The molecule has 0 saturated heterocycles. The molecular formula is C20H27N. The van der Waals surface area contributed by atoms with E-state index in [9.17, 15) is 0 Å². The first-order valence-corrected chi connectivity index (χ1v) is 8.06. The van der Waals surface area contributed by atoms with Crippen LogP contribution in [-0.2, 0) is 0 Å². The highest BCUT2D eigenvalue weighted by Crippen LogP contribution is 2.25. The number of rotatable bonds is 6. The van der Waals surface area contributed by atoms with Gasteiger partial charge in [0.2, 0.25) is 0 Å². The number of benzene rings is 2. The van der Waals surface area contributed by atoms with Crippen molar-refractivity contribution >= 4 is 0 Å². The first-order chi connectivity index (χ1) is 10.1. The van der Waals surface area contributed by atoms with Crippen LogP contribution in [0.15, 0.2) is 42.5 Å². The van der Waals surface area contributed by atoms with Gasteiger partial charge in [0.1, 0.15) is 0 Å². The third kappa shape index (κ3) is 4.18. The van der Waals surface area contributed by atoms with E-state index in [0.29, 0.717) is 6.04 Å². The highest BCUT2D eigenvalue weighted by atomic mass is 14.9. The molecule has 0 bridgehead atoms. The monoisotopic (exact) mass is 281 g/mol. The summed E-state index contributed by atoms with van der Waals surface area (Å²) in [5.74, 6) is 0. The fourth-order valence-electron chi connectivity index (χ4n) is 2.87. The molecule has 1 heteroatoms. The van der Waals surface area contributed by atoms with Gasteiger partial charge in [-0.3, -0.25) is 0 Å². The van der Waals surface area contributed by atoms with Gasteiger partial charge in [0.25, 0.3) is 0 Å². The zero-order valence-electron chi connectivity index (χ0n) is 13.7. The molecule has 0 aromatic heterocycles. The first-order valence-electron chi connectivity index (χ1n) is 8.06. The van der Waals surface area contributed by atoms with Gasteiger partial charge in [0.05, 0.1) is 0 Å². The molecule has 0 radical (unpaired) electrons. The molecular weight excluding hydrogens is 254 g/mol. The molecule has 0 aliphatic carbocycles. The maximum atomic E-state index is 3.61. The summed E-state index contributed by atoms with van der Waals surface area (Å²) < 4.78 is 0. The lowest BCUT2D eigenvalue weighted by Gasteiger charge is -2.17. The summed E-state index contributed by atoms with van der Waals surface area (Å²) in [6.07, 6.45) is 2.31. The van der Waals surface area contributed by atoms with Gasteiger partial charge in [0, 0.05) is 6.04 Å². The van der Waals surface area contributed by atoms with Crippen LogP contribution in [0.5, 0.6) is 0 Å². The van der Waals surface area contributed by atoms with E-state index in [0.717, 1.165) is 13.0 Å². The van der Waals surface area contributed by atoms with Crippen LogP contribution in [-0.4, -0.2) is 6.54 Å². The Morgan fingerprint density at radius 1 is 0.857 bits per heavy atom.